The first-order valence-electron chi connectivity index (χ1n) is 8.60. The van der Waals surface area contributed by atoms with Gasteiger partial charge >= 0.3 is 6.03 Å². The van der Waals surface area contributed by atoms with Crippen LogP contribution in [0.1, 0.15) is 37.0 Å². The number of aryl methyl sites for hydroxylation is 1. The lowest BCUT2D eigenvalue weighted by Crippen LogP contribution is -2.41. The van der Waals surface area contributed by atoms with Crippen LogP contribution in [0.25, 0.3) is 0 Å². The number of urea groups is 1. The van der Waals surface area contributed by atoms with Gasteiger partial charge in [-0.1, -0.05) is 42.5 Å². The SMILES string of the molecule is CC(CCc1ccc(O)cc1)NC(=O)NCCC(O)c1ccccc1. The molecule has 0 aliphatic rings. The van der Waals surface area contributed by atoms with E-state index in [2.05, 4.69) is 10.6 Å². The molecule has 0 spiro atoms. The third-order valence-electron chi connectivity index (χ3n) is 4.07. The summed E-state index contributed by atoms with van der Waals surface area (Å²) < 4.78 is 0. The van der Waals surface area contributed by atoms with Crippen LogP contribution in [0.4, 0.5) is 4.79 Å². The van der Waals surface area contributed by atoms with E-state index in [1.807, 2.05) is 49.4 Å². The molecule has 0 aliphatic carbocycles. The molecule has 134 valence electrons. The Hall–Kier alpha value is -2.53. The molecule has 0 radical (unpaired) electrons. The molecular weight excluding hydrogens is 316 g/mol. The second-order valence-electron chi connectivity index (χ2n) is 6.22. The molecule has 25 heavy (non-hydrogen) atoms. The van der Waals surface area contributed by atoms with Crippen LogP contribution in [0.2, 0.25) is 0 Å². The van der Waals surface area contributed by atoms with Crippen molar-refractivity contribution in [2.24, 2.45) is 0 Å². The normalized spacial score (nSPS) is 13.0. The quantitative estimate of drug-likeness (QED) is 0.595. The molecule has 2 rings (SSSR count). The van der Waals surface area contributed by atoms with Crippen LogP contribution < -0.4 is 10.6 Å². The Bertz CT molecular complexity index is 644. The Morgan fingerprint density at radius 3 is 2.40 bits per heavy atom. The van der Waals surface area contributed by atoms with E-state index >= 15 is 0 Å². The van der Waals surface area contributed by atoms with Gasteiger partial charge in [-0.3, -0.25) is 0 Å². The minimum Gasteiger partial charge on any atom is -0.508 e. The zero-order valence-corrected chi connectivity index (χ0v) is 14.5. The highest BCUT2D eigenvalue weighted by Crippen LogP contribution is 2.15. The molecule has 2 unspecified atom stereocenters. The fourth-order valence-electron chi connectivity index (χ4n) is 2.56. The van der Waals surface area contributed by atoms with E-state index in [1.54, 1.807) is 12.1 Å². The Morgan fingerprint density at radius 2 is 1.72 bits per heavy atom. The molecule has 0 fully saturated rings. The van der Waals surface area contributed by atoms with Crippen LogP contribution in [0.5, 0.6) is 5.75 Å². The van der Waals surface area contributed by atoms with Crippen LogP contribution >= 0.6 is 0 Å². The second-order valence-corrected chi connectivity index (χ2v) is 6.22. The Balaban J connectivity index is 1.63. The number of aliphatic hydroxyl groups excluding tert-OH is 1. The molecule has 4 N–H and O–H groups in total. The minimum atomic E-state index is -0.576. The van der Waals surface area contributed by atoms with Gasteiger partial charge in [-0.05, 0) is 49.4 Å². The number of hydrogen-bond acceptors (Lipinski definition) is 3. The van der Waals surface area contributed by atoms with Crippen LogP contribution in [-0.2, 0) is 6.42 Å². The zero-order chi connectivity index (χ0) is 18.1. The number of aromatic hydroxyl groups is 1. The van der Waals surface area contributed by atoms with Gasteiger partial charge in [0.15, 0.2) is 0 Å². The second kappa shape index (κ2) is 9.69. The molecule has 2 amide bonds. The maximum absolute atomic E-state index is 11.9. The van der Waals surface area contributed by atoms with Crippen molar-refractivity contribution in [3.63, 3.8) is 0 Å². The summed E-state index contributed by atoms with van der Waals surface area (Å²) in [6, 6.07) is 16.3. The molecule has 0 aliphatic heterocycles. The van der Waals surface area contributed by atoms with Crippen molar-refractivity contribution in [3.05, 3.63) is 65.7 Å². The number of phenols is 1. The van der Waals surface area contributed by atoms with Crippen LogP contribution in [0.3, 0.4) is 0 Å². The van der Waals surface area contributed by atoms with Crippen molar-refractivity contribution < 1.29 is 15.0 Å². The lowest BCUT2D eigenvalue weighted by atomic mass is 10.1. The molecule has 2 aromatic rings. The van der Waals surface area contributed by atoms with Gasteiger partial charge in [0.05, 0.1) is 6.10 Å². The Labute approximate surface area is 148 Å². The van der Waals surface area contributed by atoms with E-state index in [9.17, 15) is 15.0 Å². The van der Waals surface area contributed by atoms with Crippen molar-refractivity contribution >= 4 is 6.03 Å². The lowest BCUT2D eigenvalue weighted by molar-refractivity contribution is 0.166. The first kappa shape index (κ1) is 18.8. The molecule has 2 aromatic carbocycles. The third kappa shape index (κ3) is 6.85. The van der Waals surface area contributed by atoms with Gasteiger partial charge in [0.1, 0.15) is 5.75 Å². The number of phenolic OH excluding ortho intramolecular Hbond substituents is 1. The number of amides is 2. The summed E-state index contributed by atoms with van der Waals surface area (Å²) in [6.07, 6.45) is 1.53. The average Bonchev–Trinajstić information content (AvgIpc) is 2.62. The first-order chi connectivity index (χ1) is 12.0. The van der Waals surface area contributed by atoms with Gasteiger partial charge in [-0.25, -0.2) is 4.79 Å². The number of hydrogen-bond donors (Lipinski definition) is 4. The monoisotopic (exact) mass is 342 g/mol. The standard InChI is InChI=1S/C20H26N2O3/c1-15(7-8-16-9-11-18(23)12-10-16)22-20(25)21-14-13-19(24)17-5-3-2-4-6-17/h2-6,9-12,15,19,23-24H,7-8,13-14H2,1H3,(H2,21,22,25). The fraction of sp³-hybridized carbons (Fsp3) is 0.350. The summed E-state index contributed by atoms with van der Waals surface area (Å²) in [6.45, 7) is 2.37. The van der Waals surface area contributed by atoms with Crippen LogP contribution in [0, 0.1) is 0 Å². The Morgan fingerprint density at radius 1 is 1.04 bits per heavy atom. The number of aliphatic hydroxyl groups is 1. The van der Waals surface area contributed by atoms with E-state index in [1.165, 1.54) is 0 Å². The van der Waals surface area contributed by atoms with Crippen LogP contribution in [0.15, 0.2) is 54.6 Å². The summed E-state index contributed by atoms with van der Waals surface area (Å²) in [5.74, 6) is 0.256. The molecule has 5 nitrogen and oxygen atoms in total. The van der Waals surface area contributed by atoms with Gasteiger partial charge < -0.3 is 20.8 Å². The molecule has 0 heterocycles. The van der Waals surface area contributed by atoms with Gasteiger partial charge in [-0.2, -0.15) is 0 Å². The number of carbonyl (C=O) groups is 1. The molecule has 0 saturated heterocycles. The summed E-state index contributed by atoms with van der Waals surface area (Å²) in [4.78, 5) is 11.9. The van der Waals surface area contributed by atoms with E-state index < -0.39 is 6.10 Å². The third-order valence-corrected chi connectivity index (χ3v) is 4.07. The number of benzene rings is 2. The first-order valence-corrected chi connectivity index (χ1v) is 8.60. The maximum atomic E-state index is 11.9. The summed E-state index contributed by atoms with van der Waals surface area (Å²) in [5, 5.41) is 25.0. The predicted octanol–water partition coefficient (Wildman–Crippen LogP) is 3.14. The van der Waals surface area contributed by atoms with Crippen molar-refractivity contribution in [3.8, 4) is 5.75 Å². The van der Waals surface area contributed by atoms with Crippen LogP contribution in [-0.4, -0.2) is 28.8 Å². The number of nitrogens with one attached hydrogen (secondary N) is 2. The molecule has 0 saturated carbocycles. The molecular formula is C20H26N2O3. The van der Waals surface area contributed by atoms with Gasteiger partial charge in [-0.15, -0.1) is 0 Å². The highest BCUT2D eigenvalue weighted by molar-refractivity contribution is 5.74. The number of carbonyl (C=O) groups excluding carboxylic acids is 1. The van der Waals surface area contributed by atoms with Crippen molar-refractivity contribution in [2.45, 2.75) is 38.3 Å². The van der Waals surface area contributed by atoms with Gasteiger partial charge in [0.2, 0.25) is 0 Å². The molecule has 0 aromatic heterocycles. The Kier molecular flexibility index (Phi) is 7.29. The van der Waals surface area contributed by atoms with Crippen molar-refractivity contribution in [1.29, 1.82) is 0 Å². The smallest absolute Gasteiger partial charge is 0.314 e. The largest absolute Gasteiger partial charge is 0.508 e. The predicted molar refractivity (Wildman–Crippen MR) is 98.4 cm³/mol. The average molecular weight is 342 g/mol. The summed E-state index contributed by atoms with van der Waals surface area (Å²) >= 11 is 0. The number of rotatable bonds is 8. The highest BCUT2D eigenvalue weighted by Gasteiger charge is 2.10. The maximum Gasteiger partial charge on any atom is 0.314 e. The summed E-state index contributed by atoms with van der Waals surface area (Å²) in [5.41, 5.74) is 1.98. The molecule has 5 heteroatoms. The van der Waals surface area contributed by atoms with E-state index in [0.717, 1.165) is 24.0 Å². The van der Waals surface area contributed by atoms with Gasteiger partial charge in [0, 0.05) is 12.6 Å². The van der Waals surface area contributed by atoms with E-state index in [-0.39, 0.29) is 17.8 Å². The van der Waals surface area contributed by atoms with Crippen molar-refractivity contribution in [2.75, 3.05) is 6.54 Å². The minimum absolute atomic E-state index is 0.0350. The van der Waals surface area contributed by atoms with E-state index in [4.69, 9.17) is 0 Å². The lowest BCUT2D eigenvalue weighted by Gasteiger charge is -2.16. The topological polar surface area (TPSA) is 81.6 Å². The fourth-order valence-corrected chi connectivity index (χ4v) is 2.56. The van der Waals surface area contributed by atoms with E-state index in [0.29, 0.717) is 13.0 Å². The highest BCUT2D eigenvalue weighted by atomic mass is 16.3. The molecule has 2 atom stereocenters. The van der Waals surface area contributed by atoms with Crippen molar-refractivity contribution in [1.82, 2.24) is 10.6 Å². The zero-order valence-electron chi connectivity index (χ0n) is 14.5. The molecule has 0 bridgehead atoms. The van der Waals surface area contributed by atoms with Gasteiger partial charge in [0.25, 0.3) is 0 Å². The summed E-state index contributed by atoms with van der Waals surface area (Å²) in [7, 11) is 0.